The first-order valence-corrected chi connectivity index (χ1v) is 6.63. The Morgan fingerprint density at radius 3 is 3.05 bits per heavy atom. The fourth-order valence-corrected chi connectivity index (χ4v) is 2.24. The van der Waals surface area contributed by atoms with Gasteiger partial charge >= 0.3 is 5.97 Å². The number of hydrogen-bond acceptors (Lipinski definition) is 4. The lowest BCUT2D eigenvalue weighted by atomic mass is 10.2. The summed E-state index contributed by atoms with van der Waals surface area (Å²) in [7, 11) is 0. The second-order valence-corrected chi connectivity index (χ2v) is 5.25. The van der Waals surface area contributed by atoms with Crippen molar-refractivity contribution in [2.24, 2.45) is 0 Å². The highest BCUT2D eigenvalue weighted by Gasteiger charge is 2.22. The zero-order valence-corrected chi connectivity index (χ0v) is 11.5. The molecule has 1 atom stereocenters. The number of aliphatic carboxylic acids is 1. The maximum Gasteiger partial charge on any atom is 0.306 e. The number of rotatable bonds is 5. The van der Waals surface area contributed by atoms with Crippen molar-refractivity contribution < 1.29 is 14.6 Å². The van der Waals surface area contributed by atoms with Crippen molar-refractivity contribution in [3.05, 3.63) is 18.0 Å². The first-order valence-electron chi connectivity index (χ1n) is 6.63. The summed E-state index contributed by atoms with van der Waals surface area (Å²) in [6.07, 6.45) is 3.79. The summed E-state index contributed by atoms with van der Waals surface area (Å²) >= 11 is 0. The molecule has 1 N–H and O–H groups in total. The number of carboxylic acids is 1. The molecule has 19 heavy (non-hydrogen) atoms. The molecule has 0 aliphatic carbocycles. The highest BCUT2D eigenvalue weighted by Crippen LogP contribution is 2.13. The Hall–Kier alpha value is -1.40. The van der Waals surface area contributed by atoms with Crippen LogP contribution in [0.15, 0.2) is 12.4 Å². The predicted molar refractivity (Wildman–Crippen MR) is 69.9 cm³/mol. The van der Waals surface area contributed by atoms with Crippen LogP contribution in [0, 0.1) is 0 Å². The highest BCUT2D eigenvalue weighted by atomic mass is 16.5. The molecule has 6 heteroatoms. The van der Waals surface area contributed by atoms with E-state index in [0.29, 0.717) is 19.2 Å². The van der Waals surface area contributed by atoms with Crippen LogP contribution >= 0.6 is 0 Å². The van der Waals surface area contributed by atoms with E-state index >= 15 is 0 Å². The van der Waals surface area contributed by atoms with E-state index in [1.54, 1.807) is 0 Å². The van der Waals surface area contributed by atoms with E-state index in [-0.39, 0.29) is 12.5 Å². The number of hydrogen-bond donors (Lipinski definition) is 1. The third-order valence-corrected chi connectivity index (χ3v) is 3.22. The minimum atomic E-state index is -0.806. The second kappa shape index (κ2) is 6.16. The summed E-state index contributed by atoms with van der Waals surface area (Å²) in [6.45, 7) is 7.08. The first kappa shape index (κ1) is 14.0. The quantitative estimate of drug-likeness (QED) is 0.866. The molecular formula is C13H21N3O3. The van der Waals surface area contributed by atoms with Gasteiger partial charge in [-0.3, -0.25) is 14.4 Å². The lowest BCUT2D eigenvalue weighted by Gasteiger charge is -2.31. The molecule has 2 rings (SSSR count). The molecule has 0 radical (unpaired) electrons. The van der Waals surface area contributed by atoms with Crippen LogP contribution in [0.3, 0.4) is 0 Å². The van der Waals surface area contributed by atoms with Gasteiger partial charge in [-0.05, 0) is 13.8 Å². The SMILES string of the molecule is CC(C)n1cc(CN2CCOC(CC(=O)O)C2)cn1. The van der Waals surface area contributed by atoms with Crippen LogP contribution in [-0.2, 0) is 16.1 Å². The van der Waals surface area contributed by atoms with Crippen LogP contribution in [0.25, 0.3) is 0 Å². The van der Waals surface area contributed by atoms with Gasteiger partial charge in [-0.1, -0.05) is 0 Å². The Morgan fingerprint density at radius 1 is 1.63 bits per heavy atom. The van der Waals surface area contributed by atoms with Crippen molar-refractivity contribution in [2.75, 3.05) is 19.7 Å². The number of nitrogens with zero attached hydrogens (tertiary/aromatic N) is 3. The molecular weight excluding hydrogens is 246 g/mol. The van der Waals surface area contributed by atoms with E-state index in [9.17, 15) is 4.79 Å². The molecule has 0 bridgehead atoms. The molecule has 1 unspecified atom stereocenters. The zero-order chi connectivity index (χ0) is 13.8. The third kappa shape index (κ3) is 4.04. The van der Waals surface area contributed by atoms with E-state index in [4.69, 9.17) is 9.84 Å². The number of carbonyl (C=O) groups is 1. The minimum Gasteiger partial charge on any atom is -0.481 e. The van der Waals surface area contributed by atoms with Gasteiger partial charge in [-0.2, -0.15) is 5.10 Å². The third-order valence-electron chi connectivity index (χ3n) is 3.22. The Balaban J connectivity index is 1.89. The van der Waals surface area contributed by atoms with Crippen molar-refractivity contribution in [3.63, 3.8) is 0 Å². The summed E-state index contributed by atoms with van der Waals surface area (Å²) in [4.78, 5) is 12.9. The number of aromatic nitrogens is 2. The molecule has 1 aromatic rings. The number of ether oxygens (including phenoxy) is 1. The molecule has 0 aromatic carbocycles. The van der Waals surface area contributed by atoms with Gasteiger partial charge in [-0.25, -0.2) is 0 Å². The maximum absolute atomic E-state index is 10.7. The molecule has 1 aromatic heterocycles. The molecule has 6 nitrogen and oxygen atoms in total. The summed E-state index contributed by atoms with van der Waals surface area (Å²) in [5.74, 6) is -0.806. The minimum absolute atomic E-state index is 0.0712. The van der Waals surface area contributed by atoms with Crippen LogP contribution in [0.5, 0.6) is 0 Å². The van der Waals surface area contributed by atoms with Crippen LogP contribution in [-0.4, -0.2) is 51.6 Å². The molecule has 0 saturated carbocycles. The van der Waals surface area contributed by atoms with Gasteiger partial charge in [0.15, 0.2) is 0 Å². The Kier molecular flexibility index (Phi) is 4.55. The predicted octanol–water partition coefficient (Wildman–Crippen LogP) is 1.14. The molecule has 1 aliphatic heterocycles. The molecule has 1 aliphatic rings. The fraction of sp³-hybridized carbons (Fsp3) is 0.692. The Morgan fingerprint density at radius 2 is 2.42 bits per heavy atom. The van der Waals surface area contributed by atoms with Gasteiger partial charge in [-0.15, -0.1) is 0 Å². The monoisotopic (exact) mass is 267 g/mol. The van der Waals surface area contributed by atoms with Crippen LogP contribution in [0.1, 0.15) is 31.9 Å². The average molecular weight is 267 g/mol. The van der Waals surface area contributed by atoms with Crippen molar-refractivity contribution in [1.82, 2.24) is 14.7 Å². The first-order chi connectivity index (χ1) is 9.04. The van der Waals surface area contributed by atoms with E-state index in [1.807, 2.05) is 17.1 Å². The van der Waals surface area contributed by atoms with Crippen molar-refractivity contribution in [3.8, 4) is 0 Å². The zero-order valence-electron chi connectivity index (χ0n) is 11.5. The maximum atomic E-state index is 10.7. The smallest absolute Gasteiger partial charge is 0.306 e. The highest BCUT2D eigenvalue weighted by molar-refractivity contribution is 5.67. The summed E-state index contributed by atoms with van der Waals surface area (Å²) in [6, 6.07) is 0.359. The molecule has 0 amide bonds. The van der Waals surface area contributed by atoms with E-state index < -0.39 is 5.97 Å². The lowest BCUT2D eigenvalue weighted by Crippen LogP contribution is -2.42. The van der Waals surface area contributed by atoms with Crippen LogP contribution in [0.4, 0.5) is 0 Å². The van der Waals surface area contributed by atoms with Crippen molar-refractivity contribution >= 4 is 5.97 Å². The van der Waals surface area contributed by atoms with Gasteiger partial charge < -0.3 is 9.84 Å². The van der Waals surface area contributed by atoms with E-state index in [1.165, 1.54) is 0 Å². The van der Waals surface area contributed by atoms with E-state index in [2.05, 4.69) is 23.8 Å². The normalized spacial score (nSPS) is 20.9. The second-order valence-electron chi connectivity index (χ2n) is 5.25. The molecule has 106 valence electrons. The molecule has 2 heterocycles. The Bertz CT molecular complexity index is 431. The number of morpholine rings is 1. The average Bonchev–Trinajstić information content (AvgIpc) is 2.77. The molecule has 1 fully saturated rings. The van der Waals surface area contributed by atoms with Gasteiger partial charge in [0, 0.05) is 37.4 Å². The topological polar surface area (TPSA) is 67.6 Å². The van der Waals surface area contributed by atoms with Gasteiger partial charge in [0.05, 0.1) is 25.3 Å². The number of carboxylic acid groups (broad SMARTS) is 1. The molecule has 1 saturated heterocycles. The lowest BCUT2D eigenvalue weighted by molar-refractivity contribution is -0.142. The summed E-state index contributed by atoms with van der Waals surface area (Å²) in [5.41, 5.74) is 1.16. The van der Waals surface area contributed by atoms with Gasteiger partial charge in [0.2, 0.25) is 0 Å². The fourth-order valence-electron chi connectivity index (χ4n) is 2.24. The Labute approximate surface area is 113 Å². The van der Waals surface area contributed by atoms with E-state index in [0.717, 1.165) is 18.7 Å². The van der Waals surface area contributed by atoms with Crippen LogP contribution in [0.2, 0.25) is 0 Å². The van der Waals surface area contributed by atoms with Crippen molar-refractivity contribution in [2.45, 2.75) is 39.0 Å². The summed E-state index contributed by atoms with van der Waals surface area (Å²) in [5, 5.41) is 13.1. The molecule has 0 spiro atoms. The summed E-state index contributed by atoms with van der Waals surface area (Å²) < 4.78 is 7.39. The standard InChI is InChI=1S/C13H21N3O3/c1-10(2)16-8-11(6-14-16)7-15-3-4-19-12(9-15)5-13(17)18/h6,8,10,12H,3-5,7,9H2,1-2H3,(H,17,18). The van der Waals surface area contributed by atoms with Crippen LogP contribution < -0.4 is 0 Å². The van der Waals surface area contributed by atoms with Gasteiger partial charge in [0.25, 0.3) is 0 Å². The van der Waals surface area contributed by atoms with Crippen molar-refractivity contribution in [1.29, 1.82) is 0 Å². The largest absolute Gasteiger partial charge is 0.481 e. The van der Waals surface area contributed by atoms with Gasteiger partial charge in [0.1, 0.15) is 0 Å².